The molecule has 3 N–H and O–H groups in total. The van der Waals surface area contributed by atoms with Crippen LogP contribution in [-0.4, -0.2) is 53.0 Å². The first-order valence-electron chi connectivity index (χ1n) is 10.6. The van der Waals surface area contributed by atoms with Crippen molar-refractivity contribution in [2.45, 2.75) is 52.1 Å². The number of piperazine rings is 1. The molecule has 6 heteroatoms. The third-order valence-corrected chi connectivity index (χ3v) is 6.10. The topological polar surface area (TPSA) is 78.7 Å². The van der Waals surface area contributed by atoms with Gasteiger partial charge in [-0.1, -0.05) is 29.8 Å². The molecular formula is C23H32N4O2. The van der Waals surface area contributed by atoms with E-state index in [0.717, 1.165) is 30.5 Å². The molecule has 0 bridgehead atoms. The van der Waals surface area contributed by atoms with Crippen LogP contribution >= 0.6 is 0 Å². The number of hydrogen-bond acceptors (Lipinski definition) is 3. The average molecular weight is 397 g/mol. The Morgan fingerprint density at radius 2 is 1.76 bits per heavy atom. The van der Waals surface area contributed by atoms with E-state index in [4.69, 9.17) is 5.73 Å². The zero-order valence-electron chi connectivity index (χ0n) is 17.9. The fourth-order valence-corrected chi connectivity index (χ4v) is 4.69. The lowest BCUT2D eigenvalue weighted by molar-refractivity contribution is -0.121. The third kappa shape index (κ3) is 3.85. The maximum atomic E-state index is 12.8. The van der Waals surface area contributed by atoms with E-state index in [1.54, 1.807) is 0 Å². The monoisotopic (exact) mass is 396 g/mol. The van der Waals surface area contributed by atoms with Crippen molar-refractivity contribution in [2.24, 2.45) is 17.6 Å². The van der Waals surface area contributed by atoms with Crippen LogP contribution in [0.3, 0.4) is 0 Å². The van der Waals surface area contributed by atoms with Gasteiger partial charge < -0.3 is 20.9 Å². The van der Waals surface area contributed by atoms with Gasteiger partial charge in [0.1, 0.15) is 0 Å². The molecule has 0 aromatic heterocycles. The standard InChI is InChI=1S/C23H32N4O2/c1-14-5-7-15(8-6-14)18-19(21(24)28)17-13-26(22(29)25-23(2,3)4)11-12-27(17)20(18)16-9-10-16/h5-8,16-17,19H,9-13H2,1-4H3,(H2,24,28)(H,25,29). The predicted octanol–water partition coefficient (Wildman–Crippen LogP) is 2.73. The fourth-order valence-electron chi connectivity index (χ4n) is 4.69. The number of fused-ring (bicyclic) bond motifs is 1. The second-order valence-electron chi connectivity index (χ2n) is 9.71. The Morgan fingerprint density at radius 3 is 2.31 bits per heavy atom. The van der Waals surface area contributed by atoms with Crippen molar-refractivity contribution in [2.75, 3.05) is 19.6 Å². The summed E-state index contributed by atoms with van der Waals surface area (Å²) in [5, 5.41) is 3.05. The van der Waals surface area contributed by atoms with Crippen LogP contribution in [0.1, 0.15) is 44.7 Å². The van der Waals surface area contributed by atoms with Crippen molar-refractivity contribution in [3.63, 3.8) is 0 Å². The largest absolute Gasteiger partial charge is 0.369 e. The van der Waals surface area contributed by atoms with Crippen LogP contribution in [-0.2, 0) is 4.79 Å². The first-order valence-corrected chi connectivity index (χ1v) is 10.6. The molecule has 0 radical (unpaired) electrons. The number of allylic oxidation sites excluding steroid dienone is 1. The Kier molecular flexibility index (Phi) is 4.83. The van der Waals surface area contributed by atoms with Crippen molar-refractivity contribution in [3.8, 4) is 0 Å². The highest BCUT2D eigenvalue weighted by atomic mass is 16.2. The summed E-state index contributed by atoms with van der Waals surface area (Å²) in [6.07, 6.45) is 2.32. The smallest absolute Gasteiger partial charge is 0.317 e. The highest BCUT2D eigenvalue weighted by Crippen LogP contribution is 2.51. The van der Waals surface area contributed by atoms with Gasteiger partial charge in [0.05, 0.1) is 12.0 Å². The molecule has 2 heterocycles. The van der Waals surface area contributed by atoms with E-state index < -0.39 is 5.92 Å². The molecule has 3 aliphatic rings. The number of nitrogens with zero attached hydrogens (tertiary/aromatic N) is 2. The molecule has 4 rings (SSSR count). The van der Waals surface area contributed by atoms with Gasteiger partial charge in [0.15, 0.2) is 0 Å². The lowest BCUT2D eigenvalue weighted by Gasteiger charge is -2.42. The molecule has 2 fully saturated rings. The van der Waals surface area contributed by atoms with Crippen LogP contribution in [0.2, 0.25) is 0 Å². The Morgan fingerprint density at radius 1 is 1.10 bits per heavy atom. The number of carbonyl (C=O) groups excluding carboxylic acids is 2. The van der Waals surface area contributed by atoms with Crippen LogP contribution in [0.4, 0.5) is 4.79 Å². The quantitative estimate of drug-likeness (QED) is 0.825. The van der Waals surface area contributed by atoms with Crippen molar-refractivity contribution < 1.29 is 9.59 Å². The SMILES string of the molecule is Cc1ccc(C2=C(C3CC3)N3CCN(C(=O)NC(C)(C)C)CC3C2C(N)=O)cc1. The number of aryl methyl sites for hydroxylation is 1. The normalized spacial score (nSPS) is 24.6. The molecule has 29 heavy (non-hydrogen) atoms. The highest BCUT2D eigenvalue weighted by Gasteiger charge is 2.50. The van der Waals surface area contributed by atoms with E-state index in [9.17, 15) is 9.59 Å². The number of urea groups is 1. The number of hydrogen-bond donors (Lipinski definition) is 2. The highest BCUT2D eigenvalue weighted by molar-refractivity contribution is 5.94. The zero-order valence-corrected chi connectivity index (χ0v) is 17.9. The van der Waals surface area contributed by atoms with Crippen molar-refractivity contribution >= 4 is 17.5 Å². The van der Waals surface area contributed by atoms with Gasteiger partial charge in [-0.3, -0.25) is 4.79 Å². The van der Waals surface area contributed by atoms with Crippen molar-refractivity contribution in [1.82, 2.24) is 15.1 Å². The van der Waals surface area contributed by atoms with E-state index in [1.807, 2.05) is 25.7 Å². The number of carbonyl (C=O) groups is 2. The molecular weight excluding hydrogens is 364 g/mol. The molecule has 1 saturated heterocycles. The van der Waals surface area contributed by atoms with Crippen molar-refractivity contribution in [1.29, 1.82) is 0 Å². The van der Waals surface area contributed by atoms with Crippen LogP contribution in [0.15, 0.2) is 30.0 Å². The summed E-state index contributed by atoms with van der Waals surface area (Å²) in [4.78, 5) is 29.6. The molecule has 1 aliphatic carbocycles. The van der Waals surface area contributed by atoms with E-state index >= 15 is 0 Å². The van der Waals surface area contributed by atoms with Crippen LogP contribution in [0.25, 0.3) is 5.57 Å². The van der Waals surface area contributed by atoms with Gasteiger partial charge in [-0.25, -0.2) is 4.79 Å². The molecule has 0 spiro atoms. The first kappa shape index (κ1) is 19.8. The summed E-state index contributed by atoms with van der Waals surface area (Å²) >= 11 is 0. The number of nitrogens with two attached hydrogens (primary N) is 1. The van der Waals surface area contributed by atoms with E-state index in [-0.39, 0.29) is 23.5 Å². The molecule has 2 aliphatic heterocycles. The maximum absolute atomic E-state index is 12.8. The Hall–Kier alpha value is -2.50. The number of benzene rings is 1. The molecule has 156 valence electrons. The Labute approximate surface area is 173 Å². The predicted molar refractivity (Wildman–Crippen MR) is 114 cm³/mol. The van der Waals surface area contributed by atoms with Gasteiger partial charge in [0.2, 0.25) is 5.91 Å². The maximum Gasteiger partial charge on any atom is 0.317 e. The fraction of sp³-hybridized carbons (Fsp3) is 0.565. The van der Waals surface area contributed by atoms with Gasteiger partial charge in [0.25, 0.3) is 0 Å². The Balaban J connectivity index is 1.67. The second kappa shape index (κ2) is 7.08. The number of nitrogens with one attached hydrogen (secondary N) is 1. The summed E-state index contributed by atoms with van der Waals surface area (Å²) in [7, 11) is 0. The first-order chi connectivity index (χ1) is 13.7. The third-order valence-electron chi connectivity index (χ3n) is 6.10. The summed E-state index contributed by atoms with van der Waals surface area (Å²) in [6, 6.07) is 8.23. The zero-order chi connectivity index (χ0) is 20.9. The van der Waals surface area contributed by atoms with Gasteiger partial charge >= 0.3 is 6.03 Å². The number of rotatable bonds is 3. The number of amides is 3. The van der Waals surface area contributed by atoms with Crippen molar-refractivity contribution in [3.05, 3.63) is 41.1 Å². The second-order valence-corrected chi connectivity index (χ2v) is 9.71. The molecule has 1 saturated carbocycles. The Bertz CT molecular complexity index is 849. The lowest BCUT2D eigenvalue weighted by atomic mass is 9.87. The average Bonchev–Trinajstić information content (AvgIpc) is 3.41. The molecule has 3 amide bonds. The van der Waals surface area contributed by atoms with E-state index in [2.05, 4.69) is 41.4 Å². The van der Waals surface area contributed by atoms with Gasteiger partial charge in [-0.2, -0.15) is 0 Å². The molecule has 2 atom stereocenters. The minimum Gasteiger partial charge on any atom is -0.369 e. The minimum absolute atomic E-state index is 0.0721. The van der Waals surface area contributed by atoms with Crippen LogP contribution in [0, 0.1) is 18.8 Å². The summed E-state index contributed by atoms with van der Waals surface area (Å²) < 4.78 is 0. The van der Waals surface area contributed by atoms with E-state index in [1.165, 1.54) is 11.3 Å². The molecule has 1 aromatic carbocycles. The minimum atomic E-state index is -0.390. The molecule has 1 aromatic rings. The van der Waals surface area contributed by atoms with Gasteiger partial charge in [0, 0.05) is 30.9 Å². The van der Waals surface area contributed by atoms with Crippen LogP contribution in [0.5, 0.6) is 0 Å². The van der Waals surface area contributed by atoms with Crippen LogP contribution < -0.4 is 11.1 Å². The van der Waals surface area contributed by atoms with Gasteiger partial charge in [-0.05, 0) is 57.6 Å². The summed E-state index contributed by atoms with van der Waals surface area (Å²) in [5.41, 5.74) is 10.3. The molecule has 6 nitrogen and oxygen atoms in total. The summed E-state index contributed by atoms with van der Waals surface area (Å²) in [5.74, 6) is -0.184. The number of primary amides is 1. The lowest BCUT2D eigenvalue weighted by Crippen LogP contribution is -2.59. The molecule has 2 unspecified atom stereocenters. The van der Waals surface area contributed by atoms with E-state index in [0.29, 0.717) is 19.0 Å². The van der Waals surface area contributed by atoms with Gasteiger partial charge in [-0.15, -0.1) is 0 Å². The summed E-state index contributed by atoms with van der Waals surface area (Å²) in [6.45, 7) is 9.91.